The topological polar surface area (TPSA) is 140 Å². The predicted octanol–water partition coefficient (Wildman–Crippen LogP) is 3.74. The van der Waals surface area contributed by atoms with Gasteiger partial charge in [-0.1, -0.05) is 31.9 Å². The molecular weight excluding hydrogens is 462 g/mol. The van der Waals surface area contributed by atoms with E-state index in [4.69, 9.17) is 9.59 Å². The van der Waals surface area contributed by atoms with Crippen molar-refractivity contribution in [2.24, 2.45) is 22.4 Å². The average Bonchev–Trinajstić information content (AvgIpc) is 3.38. The Kier molecular flexibility index (Phi) is 24.1. The Morgan fingerprint density at radius 3 is 2.29 bits per heavy atom. The number of thioether (sulfide) groups is 1. The van der Waals surface area contributed by atoms with Crippen molar-refractivity contribution in [3.8, 4) is 0 Å². The number of rotatable bonds is 11. The molecule has 1 fully saturated rings. The molecule has 0 aromatic heterocycles. The Hall–Kier alpha value is -2.65. The molecule has 3 amide bonds. The van der Waals surface area contributed by atoms with Gasteiger partial charge in [-0.2, -0.15) is 0 Å². The smallest absolute Gasteiger partial charge is 0.220 e. The van der Waals surface area contributed by atoms with Crippen LogP contribution in [-0.4, -0.2) is 51.3 Å². The minimum absolute atomic E-state index is 0.175. The van der Waals surface area contributed by atoms with Crippen LogP contribution in [0.2, 0.25) is 0 Å². The monoisotopic (exact) mass is 507 g/mol. The Bertz CT molecular complexity index is 719. The molecule has 1 aromatic carbocycles. The molecule has 1 aliphatic rings. The average molecular weight is 508 g/mol. The van der Waals surface area contributed by atoms with Crippen molar-refractivity contribution in [1.82, 2.24) is 10.6 Å². The van der Waals surface area contributed by atoms with Gasteiger partial charge in [0, 0.05) is 17.4 Å². The molecule has 0 saturated heterocycles. The van der Waals surface area contributed by atoms with E-state index in [0.29, 0.717) is 12.3 Å². The zero-order chi connectivity index (χ0) is 26.9. The van der Waals surface area contributed by atoms with Crippen molar-refractivity contribution >= 4 is 42.9 Å². The molecular formula is C26H45N5O3S. The maximum absolute atomic E-state index is 12.3. The molecule has 0 heterocycles. The van der Waals surface area contributed by atoms with Crippen LogP contribution in [0.3, 0.4) is 0 Å². The lowest BCUT2D eigenvalue weighted by Crippen LogP contribution is -2.39. The summed E-state index contributed by atoms with van der Waals surface area (Å²) in [6, 6.07) is 6.59. The van der Waals surface area contributed by atoms with E-state index >= 15 is 0 Å². The second-order valence-electron chi connectivity index (χ2n) is 7.78. The minimum Gasteiger partial charge on any atom is -0.372 e. The molecule has 1 atom stereocenters. The van der Waals surface area contributed by atoms with E-state index < -0.39 is 0 Å². The fraction of sp³-hybridized carbons (Fsp3) is 0.538. The number of hydrogen-bond acceptors (Lipinski definition) is 6. The summed E-state index contributed by atoms with van der Waals surface area (Å²) in [5, 5.41) is 6.00. The third-order valence-electron chi connectivity index (χ3n) is 5.14. The lowest BCUT2D eigenvalue weighted by Gasteiger charge is -2.23. The van der Waals surface area contributed by atoms with Gasteiger partial charge in [-0.15, -0.1) is 18.3 Å². The van der Waals surface area contributed by atoms with Crippen molar-refractivity contribution in [3.05, 3.63) is 36.4 Å². The van der Waals surface area contributed by atoms with Crippen LogP contribution in [0.5, 0.6) is 0 Å². The van der Waals surface area contributed by atoms with Gasteiger partial charge in [0.05, 0.1) is 5.69 Å². The van der Waals surface area contributed by atoms with Crippen LogP contribution in [0.15, 0.2) is 40.7 Å². The van der Waals surface area contributed by atoms with Crippen LogP contribution in [0.1, 0.15) is 57.4 Å². The first kappa shape index (κ1) is 34.5. The van der Waals surface area contributed by atoms with Crippen LogP contribution in [0.25, 0.3) is 0 Å². The van der Waals surface area contributed by atoms with Gasteiger partial charge in [0.2, 0.25) is 18.7 Å². The molecule has 9 heteroatoms. The van der Waals surface area contributed by atoms with Crippen LogP contribution in [0, 0.1) is 5.92 Å². The molecule has 1 aliphatic carbocycles. The summed E-state index contributed by atoms with van der Waals surface area (Å²) in [6.45, 7) is 9.66. The van der Waals surface area contributed by atoms with E-state index in [-0.39, 0.29) is 24.8 Å². The van der Waals surface area contributed by atoms with Gasteiger partial charge >= 0.3 is 0 Å². The van der Waals surface area contributed by atoms with E-state index in [0.717, 1.165) is 35.6 Å². The fourth-order valence-corrected chi connectivity index (χ4v) is 4.65. The number of aryl methyl sites for hydroxylation is 1. The number of nitrogens with one attached hydrogen (secondary N) is 2. The molecule has 8 nitrogen and oxygen atoms in total. The maximum Gasteiger partial charge on any atom is 0.220 e. The number of primary amides is 2. The molecule has 1 unspecified atom stereocenters. The number of carbonyl (C=O) groups excluding carboxylic acids is 3. The Labute approximate surface area is 215 Å². The van der Waals surface area contributed by atoms with Crippen LogP contribution in [-0.2, 0) is 20.8 Å². The first-order valence-electron chi connectivity index (χ1n) is 11.9. The van der Waals surface area contributed by atoms with Gasteiger partial charge in [0.1, 0.15) is 0 Å². The number of aliphatic imine (C=N–C) groups is 1. The van der Waals surface area contributed by atoms with Gasteiger partial charge in [-0.25, -0.2) is 0 Å². The second-order valence-corrected chi connectivity index (χ2v) is 8.92. The summed E-state index contributed by atoms with van der Waals surface area (Å²) < 4.78 is 0. The molecule has 0 spiro atoms. The van der Waals surface area contributed by atoms with E-state index in [1.807, 2.05) is 26.2 Å². The highest BCUT2D eigenvalue weighted by Gasteiger charge is 2.25. The number of hydrogen-bond donors (Lipinski definition) is 4. The SMILES string of the molecule is C=CCC(NC(=O)CCCSc1cc(CC)ccc1N=C)C1CCCC1.CNC.NC=O.NC=O. The molecule has 35 heavy (non-hydrogen) atoms. The fourth-order valence-electron chi connectivity index (χ4n) is 3.63. The zero-order valence-corrected chi connectivity index (χ0v) is 22.4. The third kappa shape index (κ3) is 17.4. The molecule has 198 valence electrons. The summed E-state index contributed by atoms with van der Waals surface area (Å²) in [5.41, 5.74) is 10.6. The summed E-state index contributed by atoms with van der Waals surface area (Å²) in [5.74, 6) is 1.72. The van der Waals surface area contributed by atoms with Crippen molar-refractivity contribution < 1.29 is 14.4 Å². The predicted molar refractivity (Wildman–Crippen MR) is 149 cm³/mol. The summed E-state index contributed by atoms with van der Waals surface area (Å²) in [6.07, 6.45) is 10.8. The Morgan fingerprint density at radius 2 is 1.80 bits per heavy atom. The lowest BCUT2D eigenvalue weighted by atomic mass is 9.95. The van der Waals surface area contributed by atoms with Crippen molar-refractivity contribution in [2.75, 3.05) is 19.8 Å². The van der Waals surface area contributed by atoms with Crippen molar-refractivity contribution in [3.63, 3.8) is 0 Å². The van der Waals surface area contributed by atoms with Crippen LogP contribution < -0.4 is 22.1 Å². The standard InChI is InChI=1S/C22H32N2OS.C2H7N.2CH3NO/c1-4-9-19(18-10-6-7-11-18)24-22(25)12-8-15-26-21-16-17(5-2)13-14-20(21)23-3;1-3-2;2*2-1-3/h4,13-14,16,18-19H,1,3,5-12,15H2,2H3,(H,24,25);3H,1-2H3;2*1H,(H2,2,3). The molecule has 0 bridgehead atoms. The normalized spacial score (nSPS) is 12.8. The maximum atomic E-state index is 12.3. The molecule has 6 N–H and O–H groups in total. The molecule has 0 radical (unpaired) electrons. The Balaban J connectivity index is 0. The van der Waals surface area contributed by atoms with Crippen LogP contribution in [0.4, 0.5) is 5.69 Å². The van der Waals surface area contributed by atoms with E-state index in [9.17, 15) is 4.79 Å². The van der Waals surface area contributed by atoms with Gasteiger partial charge in [0.15, 0.2) is 0 Å². The summed E-state index contributed by atoms with van der Waals surface area (Å²) in [7, 11) is 3.75. The van der Waals surface area contributed by atoms with E-state index in [1.54, 1.807) is 11.8 Å². The van der Waals surface area contributed by atoms with Crippen LogP contribution >= 0.6 is 11.8 Å². The molecule has 2 rings (SSSR count). The van der Waals surface area contributed by atoms with Gasteiger partial charge in [-0.05, 0) is 82.3 Å². The highest BCUT2D eigenvalue weighted by Crippen LogP contribution is 2.31. The molecule has 1 saturated carbocycles. The number of nitrogens with two attached hydrogens (primary N) is 2. The summed E-state index contributed by atoms with van der Waals surface area (Å²) in [4.78, 5) is 34.8. The lowest BCUT2D eigenvalue weighted by molar-refractivity contribution is -0.122. The summed E-state index contributed by atoms with van der Waals surface area (Å²) >= 11 is 1.77. The second kappa shape index (κ2) is 24.5. The first-order valence-corrected chi connectivity index (χ1v) is 12.9. The highest BCUT2D eigenvalue weighted by atomic mass is 32.2. The largest absolute Gasteiger partial charge is 0.372 e. The highest BCUT2D eigenvalue weighted by molar-refractivity contribution is 7.99. The molecule has 1 aromatic rings. The van der Waals surface area contributed by atoms with Gasteiger partial charge in [0.25, 0.3) is 0 Å². The van der Waals surface area contributed by atoms with E-state index in [2.05, 4.69) is 59.4 Å². The number of nitrogens with zero attached hydrogens (tertiary/aromatic N) is 1. The van der Waals surface area contributed by atoms with Crippen molar-refractivity contribution in [1.29, 1.82) is 0 Å². The van der Waals surface area contributed by atoms with Crippen molar-refractivity contribution in [2.45, 2.75) is 69.2 Å². The number of carbonyl (C=O) groups is 3. The molecule has 0 aliphatic heterocycles. The third-order valence-corrected chi connectivity index (χ3v) is 6.28. The van der Waals surface area contributed by atoms with Gasteiger partial charge in [-0.3, -0.25) is 19.4 Å². The zero-order valence-electron chi connectivity index (χ0n) is 21.6. The number of benzene rings is 1. The first-order chi connectivity index (χ1) is 16.9. The van der Waals surface area contributed by atoms with E-state index in [1.165, 1.54) is 31.2 Å². The number of amides is 3. The Morgan fingerprint density at radius 1 is 1.23 bits per heavy atom. The quantitative estimate of drug-likeness (QED) is 0.119. The minimum atomic E-state index is 0.175. The van der Waals surface area contributed by atoms with Gasteiger partial charge < -0.3 is 22.1 Å².